The van der Waals surface area contributed by atoms with Gasteiger partial charge in [0.1, 0.15) is 0 Å². The molecule has 0 aliphatic rings. The Morgan fingerprint density at radius 2 is 1.80 bits per heavy atom. The number of aryl methyl sites for hydroxylation is 1. The molecule has 2 nitrogen and oxygen atoms in total. The van der Waals surface area contributed by atoms with Crippen molar-refractivity contribution in [1.29, 1.82) is 0 Å². The molecule has 0 unspecified atom stereocenters. The van der Waals surface area contributed by atoms with Crippen molar-refractivity contribution in [2.45, 2.75) is 26.3 Å². The quantitative estimate of drug-likeness (QED) is 0.749. The van der Waals surface area contributed by atoms with Gasteiger partial charge in [-0.05, 0) is 26.3 Å². The Morgan fingerprint density at radius 3 is 2.33 bits per heavy atom. The highest BCUT2D eigenvalue weighted by atomic mass is 16.5. The Hall–Kier alpha value is -0.860. The lowest BCUT2D eigenvalue weighted by molar-refractivity contribution is 0.188. The number of hydrogen-bond acceptors (Lipinski definition) is 2. The highest BCUT2D eigenvalue weighted by Crippen LogP contribution is 2.19. The van der Waals surface area contributed by atoms with Crippen LogP contribution in [-0.2, 0) is 10.3 Å². The molecule has 1 N–H and O–H groups in total. The maximum absolute atomic E-state index is 5.03. The molecular formula is C13H21NO. The van der Waals surface area contributed by atoms with Gasteiger partial charge in [0.05, 0.1) is 6.61 Å². The van der Waals surface area contributed by atoms with Gasteiger partial charge >= 0.3 is 0 Å². The zero-order chi connectivity index (χ0) is 11.3. The first-order valence-electron chi connectivity index (χ1n) is 5.37. The lowest BCUT2D eigenvalue weighted by atomic mass is 9.93. The average molecular weight is 207 g/mol. The van der Waals surface area contributed by atoms with Gasteiger partial charge in [-0.1, -0.05) is 29.8 Å². The Labute approximate surface area is 92.6 Å². The van der Waals surface area contributed by atoms with Crippen LogP contribution in [0.5, 0.6) is 0 Å². The average Bonchev–Trinajstić information content (AvgIpc) is 2.18. The summed E-state index contributed by atoms with van der Waals surface area (Å²) in [6.45, 7) is 8.10. The fourth-order valence-electron chi connectivity index (χ4n) is 1.54. The van der Waals surface area contributed by atoms with Crippen LogP contribution in [-0.4, -0.2) is 20.3 Å². The van der Waals surface area contributed by atoms with E-state index in [1.165, 1.54) is 11.1 Å². The van der Waals surface area contributed by atoms with Gasteiger partial charge < -0.3 is 10.1 Å². The third-order valence-electron chi connectivity index (χ3n) is 2.65. The minimum absolute atomic E-state index is 0.00618. The zero-order valence-corrected chi connectivity index (χ0v) is 10.1. The molecule has 0 aliphatic heterocycles. The van der Waals surface area contributed by atoms with Crippen molar-refractivity contribution < 1.29 is 4.74 Å². The van der Waals surface area contributed by atoms with E-state index in [-0.39, 0.29) is 5.54 Å². The summed E-state index contributed by atoms with van der Waals surface area (Å²) in [5.74, 6) is 0. The van der Waals surface area contributed by atoms with Crippen LogP contribution < -0.4 is 5.32 Å². The van der Waals surface area contributed by atoms with Gasteiger partial charge in [-0.25, -0.2) is 0 Å². The van der Waals surface area contributed by atoms with E-state index in [9.17, 15) is 0 Å². The molecule has 0 bridgehead atoms. The van der Waals surface area contributed by atoms with Crippen molar-refractivity contribution in [1.82, 2.24) is 5.32 Å². The summed E-state index contributed by atoms with van der Waals surface area (Å²) in [4.78, 5) is 0. The van der Waals surface area contributed by atoms with Gasteiger partial charge in [0.25, 0.3) is 0 Å². The molecule has 1 aromatic rings. The van der Waals surface area contributed by atoms with E-state index in [0.717, 1.165) is 13.2 Å². The number of hydrogen-bond donors (Lipinski definition) is 1. The third kappa shape index (κ3) is 3.65. The first-order chi connectivity index (χ1) is 7.06. The first kappa shape index (κ1) is 12.2. The van der Waals surface area contributed by atoms with E-state index < -0.39 is 0 Å². The van der Waals surface area contributed by atoms with Crippen molar-refractivity contribution in [2.24, 2.45) is 0 Å². The molecule has 0 saturated carbocycles. The van der Waals surface area contributed by atoms with Crippen LogP contribution >= 0.6 is 0 Å². The van der Waals surface area contributed by atoms with Crippen molar-refractivity contribution in [2.75, 3.05) is 20.3 Å². The number of ether oxygens (including phenoxy) is 1. The van der Waals surface area contributed by atoms with Crippen LogP contribution in [0, 0.1) is 6.92 Å². The normalized spacial score (nSPS) is 11.7. The van der Waals surface area contributed by atoms with E-state index in [2.05, 4.69) is 50.4 Å². The zero-order valence-electron chi connectivity index (χ0n) is 10.1. The molecule has 84 valence electrons. The lowest BCUT2D eigenvalue weighted by Gasteiger charge is -2.27. The molecule has 0 amide bonds. The fraction of sp³-hybridized carbons (Fsp3) is 0.538. The van der Waals surface area contributed by atoms with E-state index >= 15 is 0 Å². The Morgan fingerprint density at radius 1 is 1.20 bits per heavy atom. The summed E-state index contributed by atoms with van der Waals surface area (Å²) in [6.07, 6.45) is 0. The second kappa shape index (κ2) is 5.29. The van der Waals surface area contributed by atoms with E-state index in [1.54, 1.807) is 7.11 Å². The summed E-state index contributed by atoms with van der Waals surface area (Å²) in [6, 6.07) is 8.65. The predicted molar refractivity (Wildman–Crippen MR) is 64.1 cm³/mol. The van der Waals surface area contributed by atoms with E-state index in [0.29, 0.717) is 0 Å². The summed E-state index contributed by atoms with van der Waals surface area (Å²) in [7, 11) is 1.72. The molecule has 0 spiro atoms. The number of rotatable bonds is 5. The fourth-order valence-corrected chi connectivity index (χ4v) is 1.54. The van der Waals surface area contributed by atoms with E-state index in [4.69, 9.17) is 4.74 Å². The van der Waals surface area contributed by atoms with Gasteiger partial charge in [0, 0.05) is 19.2 Å². The summed E-state index contributed by atoms with van der Waals surface area (Å²) in [5, 5.41) is 3.47. The number of nitrogens with one attached hydrogen (secondary N) is 1. The molecule has 0 heterocycles. The molecule has 0 fully saturated rings. The Bertz CT molecular complexity index is 290. The largest absolute Gasteiger partial charge is 0.383 e. The van der Waals surface area contributed by atoms with Crippen LogP contribution in [0.3, 0.4) is 0 Å². The molecule has 0 saturated heterocycles. The molecule has 1 rings (SSSR count). The van der Waals surface area contributed by atoms with E-state index in [1.807, 2.05) is 0 Å². The van der Waals surface area contributed by atoms with Gasteiger partial charge in [-0.2, -0.15) is 0 Å². The SMILES string of the molecule is COCCNC(C)(C)c1ccc(C)cc1. The molecular weight excluding hydrogens is 186 g/mol. The monoisotopic (exact) mass is 207 g/mol. The molecule has 15 heavy (non-hydrogen) atoms. The third-order valence-corrected chi connectivity index (χ3v) is 2.65. The van der Waals surface area contributed by atoms with Crippen LogP contribution in [0.2, 0.25) is 0 Å². The minimum atomic E-state index is 0.00618. The molecule has 0 radical (unpaired) electrons. The summed E-state index contributed by atoms with van der Waals surface area (Å²) >= 11 is 0. The molecule has 1 aromatic carbocycles. The van der Waals surface area contributed by atoms with Crippen molar-refractivity contribution in [3.05, 3.63) is 35.4 Å². The van der Waals surface area contributed by atoms with Crippen LogP contribution in [0.25, 0.3) is 0 Å². The van der Waals surface area contributed by atoms with Crippen molar-refractivity contribution >= 4 is 0 Å². The number of benzene rings is 1. The van der Waals surface area contributed by atoms with Crippen molar-refractivity contribution in [3.63, 3.8) is 0 Å². The predicted octanol–water partition coefficient (Wildman–Crippen LogP) is 2.47. The Kier molecular flexibility index (Phi) is 4.30. The maximum Gasteiger partial charge on any atom is 0.0587 e. The highest BCUT2D eigenvalue weighted by Gasteiger charge is 2.18. The Balaban J connectivity index is 2.63. The molecule has 2 heteroatoms. The molecule has 0 atom stereocenters. The van der Waals surface area contributed by atoms with Crippen LogP contribution in [0.4, 0.5) is 0 Å². The lowest BCUT2D eigenvalue weighted by Crippen LogP contribution is -2.38. The maximum atomic E-state index is 5.03. The van der Waals surface area contributed by atoms with Gasteiger partial charge in [0.2, 0.25) is 0 Å². The summed E-state index contributed by atoms with van der Waals surface area (Å²) in [5.41, 5.74) is 2.61. The van der Waals surface area contributed by atoms with Gasteiger partial charge in [-0.15, -0.1) is 0 Å². The highest BCUT2D eigenvalue weighted by molar-refractivity contribution is 5.26. The smallest absolute Gasteiger partial charge is 0.0587 e. The molecule has 0 aliphatic carbocycles. The van der Waals surface area contributed by atoms with Crippen LogP contribution in [0.15, 0.2) is 24.3 Å². The first-order valence-corrected chi connectivity index (χ1v) is 5.37. The second-order valence-electron chi connectivity index (χ2n) is 4.41. The summed E-state index contributed by atoms with van der Waals surface area (Å²) < 4.78 is 5.03. The van der Waals surface area contributed by atoms with Crippen molar-refractivity contribution in [3.8, 4) is 0 Å². The van der Waals surface area contributed by atoms with Gasteiger partial charge in [0.15, 0.2) is 0 Å². The molecule has 0 aromatic heterocycles. The standard InChI is InChI=1S/C13H21NO/c1-11-5-7-12(8-6-11)13(2,3)14-9-10-15-4/h5-8,14H,9-10H2,1-4H3. The minimum Gasteiger partial charge on any atom is -0.383 e. The number of methoxy groups -OCH3 is 1. The second-order valence-corrected chi connectivity index (χ2v) is 4.41. The van der Waals surface area contributed by atoms with Crippen LogP contribution in [0.1, 0.15) is 25.0 Å². The van der Waals surface area contributed by atoms with Gasteiger partial charge in [-0.3, -0.25) is 0 Å². The topological polar surface area (TPSA) is 21.3 Å².